The Bertz CT molecular complexity index is 702. The molecule has 1 heterocycles. The summed E-state index contributed by atoms with van der Waals surface area (Å²) in [5.74, 6) is 0.225. The van der Waals surface area contributed by atoms with Crippen molar-refractivity contribution in [1.82, 2.24) is 4.98 Å². The van der Waals surface area contributed by atoms with Crippen molar-refractivity contribution in [2.45, 2.75) is 6.92 Å². The first-order valence-electron chi connectivity index (χ1n) is 5.89. The number of aromatic nitrogens is 1. The monoisotopic (exact) mass is 235 g/mol. The molecule has 0 atom stereocenters. The highest BCUT2D eigenvalue weighted by Gasteiger charge is 2.03. The summed E-state index contributed by atoms with van der Waals surface area (Å²) >= 11 is 0. The van der Waals surface area contributed by atoms with Gasteiger partial charge in [0.15, 0.2) is 0 Å². The molecule has 0 saturated carbocycles. The van der Waals surface area contributed by atoms with Gasteiger partial charge in [0, 0.05) is 17.1 Å². The van der Waals surface area contributed by atoms with Gasteiger partial charge in [-0.1, -0.05) is 42.0 Å². The second-order valence-electron chi connectivity index (χ2n) is 4.44. The standard InChI is InChI=1S/C16H13NO/c1-11-5-7-12(8-6-11)14-9-13-3-2-4-15(18)16(13)17-10-14/h2-10,18H,1H3. The van der Waals surface area contributed by atoms with Crippen LogP contribution >= 0.6 is 0 Å². The highest BCUT2D eigenvalue weighted by Crippen LogP contribution is 2.27. The van der Waals surface area contributed by atoms with Crippen molar-refractivity contribution in [3.63, 3.8) is 0 Å². The summed E-state index contributed by atoms with van der Waals surface area (Å²) in [6.07, 6.45) is 1.80. The molecule has 0 spiro atoms. The van der Waals surface area contributed by atoms with Gasteiger partial charge in [-0.2, -0.15) is 0 Å². The molecule has 2 aromatic carbocycles. The van der Waals surface area contributed by atoms with Crippen LogP contribution in [0, 0.1) is 6.92 Å². The molecule has 88 valence electrons. The number of phenols is 1. The predicted molar refractivity (Wildman–Crippen MR) is 73.6 cm³/mol. The lowest BCUT2D eigenvalue weighted by Crippen LogP contribution is -1.84. The molecule has 0 aliphatic rings. The van der Waals surface area contributed by atoms with Gasteiger partial charge in [0.2, 0.25) is 0 Å². The molecular weight excluding hydrogens is 222 g/mol. The van der Waals surface area contributed by atoms with Crippen LogP contribution in [0.5, 0.6) is 5.75 Å². The summed E-state index contributed by atoms with van der Waals surface area (Å²) in [6, 6.07) is 15.8. The molecule has 0 aliphatic carbocycles. The average molecular weight is 235 g/mol. The smallest absolute Gasteiger partial charge is 0.141 e. The minimum Gasteiger partial charge on any atom is -0.506 e. The highest BCUT2D eigenvalue weighted by atomic mass is 16.3. The van der Waals surface area contributed by atoms with Gasteiger partial charge in [-0.3, -0.25) is 4.98 Å². The zero-order chi connectivity index (χ0) is 12.5. The topological polar surface area (TPSA) is 33.1 Å². The van der Waals surface area contributed by atoms with Crippen molar-refractivity contribution in [1.29, 1.82) is 0 Å². The summed E-state index contributed by atoms with van der Waals surface area (Å²) in [5, 5.41) is 10.7. The second-order valence-corrected chi connectivity index (χ2v) is 4.44. The lowest BCUT2D eigenvalue weighted by atomic mass is 10.0. The van der Waals surface area contributed by atoms with Crippen LogP contribution in [0.15, 0.2) is 54.7 Å². The van der Waals surface area contributed by atoms with E-state index in [0.717, 1.165) is 16.5 Å². The molecular formula is C16H13NO. The quantitative estimate of drug-likeness (QED) is 0.693. The highest BCUT2D eigenvalue weighted by molar-refractivity contribution is 5.87. The molecule has 3 rings (SSSR count). The van der Waals surface area contributed by atoms with Gasteiger partial charge in [-0.25, -0.2) is 0 Å². The number of aromatic hydroxyl groups is 1. The van der Waals surface area contributed by atoms with Crippen molar-refractivity contribution < 1.29 is 5.11 Å². The predicted octanol–water partition coefficient (Wildman–Crippen LogP) is 3.92. The number of rotatable bonds is 1. The third kappa shape index (κ3) is 1.82. The summed E-state index contributed by atoms with van der Waals surface area (Å²) in [6.45, 7) is 2.07. The van der Waals surface area contributed by atoms with Gasteiger partial charge in [0.1, 0.15) is 11.3 Å². The van der Waals surface area contributed by atoms with Gasteiger partial charge >= 0.3 is 0 Å². The number of fused-ring (bicyclic) bond motifs is 1. The first-order chi connectivity index (χ1) is 8.74. The molecule has 0 amide bonds. The molecule has 0 bridgehead atoms. The molecule has 18 heavy (non-hydrogen) atoms. The molecule has 0 unspecified atom stereocenters. The number of hydrogen-bond acceptors (Lipinski definition) is 2. The third-order valence-electron chi connectivity index (χ3n) is 3.07. The van der Waals surface area contributed by atoms with E-state index in [1.165, 1.54) is 5.56 Å². The fourth-order valence-corrected chi connectivity index (χ4v) is 2.05. The van der Waals surface area contributed by atoms with Gasteiger partial charge in [-0.15, -0.1) is 0 Å². The van der Waals surface area contributed by atoms with E-state index in [4.69, 9.17) is 0 Å². The molecule has 0 radical (unpaired) electrons. The van der Waals surface area contributed by atoms with Crippen LogP contribution in [0.25, 0.3) is 22.0 Å². The van der Waals surface area contributed by atoms with E-state index in [1.54, 1.807) is 12.3 Å². The number of phenolic OH excluding ortho intramolecular Hbond substituents is 1. The summed E-state index contributed by atoms with van der Waals surface area (Å²) in [7, 11) is 0. The maximum absolute atomic E-state index is 9.71. The lowest BCUT2D eigenvalue weighted by Gasteiger charge is -2.05. The Morgan fingerprint density at radius 1 is 0.944 bits per heavy atom. The normalized spacial score (nSPS) is 10.7. The van der Waals surface area contributed by atoms with Crippen LogP contribution in [0.1, 0.15) is 5.56 Å². The molecule has 0 fully saturated rings. The molecule has 0 aliphatic heterocycles. The fraction of sp³-hybridized carbons (Fsp3) is 0.0625. The van der Waals surface area contributed by atoms with Crippen LogP contribution in [-0.2, 0) is 0 Å². The van der Waals surface area contributed by atoms with Gasteiger partial charge in [-0.05, 0) is 24.6 Å². The summed E-state index contributed by atoms with van der Waals surface area (Å²) in [5.41, 5.74) is 4.09. The number of para-hydroxylation sites is 1. The van der Waals surface area contributed by atoms with E-state index >= 15 is 0 Å². The van der Waals surface area contributed by atoms with Crippen molar-refractivity contribution in [3.05, 3.63) is 60.3 Å². The number of hydrogen-bond donors (Lipinski definition) is 1. The zero-order valence-electron chi connectivity index (χ0n) is 10.1. The van der Waals surface area contributed by atoms with Crippen LogP contribution in [-0.4, -0.2) is 10.1 Å². The van der Waals surface area contributed by atoms with E-state index < -0.39 is 0 Å². The third-order valence-corrected chi connectivity index (χ3v) is 3.07. The number of pyridine rings is 1. The number of benzene rings is 2. The Morgan fingerprint density at radius 2 is 1.72 bits per heavy atom. The first-order valence-corrected chi connectivity index (χ1v) is 5.89. The van der Waals surface area contributed by atoms with E-state index in [0.29, 0.717) is 5.52 Å². The molecule has 3 aromatic rings. The fourth-order valence-electron chi connectivity index (χ4n) is 2.05. The maximum atomic E-state index is 9.71. The number of nitrogens with zero attached hydrogens (tertiary/aromatic N) is 1. The lowest BCUT2D eigenvalue weighted by molar-refractivity contribution is 0.480. The molecule has 1 N–H and O–H groups in total. The van der Waals surface area contributed by atoms with Crippen molar-refractivity contribution >= 4 is 10.9 Å². The number of aryl methyl sites for hydroxylation is 1. The van der Waals surface area contributed by atoms with Gasteiger partial charge in [0.05, 0.1) is 0 Å². The van der Waals surface area contributed by atoms with Crippen LogP contribution in [0.3, 0.4) is 0 Å². The van der Waals surface area contributed by atoms with Gasteiger partial charge < -0.3 is 5.11 Å². The molecule has 1 aromatic heterocycles. The van der Waals surface area contributed by atoms with Crippen molar-refractivity contribution in [2.75, 3.05) is 0 Å². The van der Waals surface area contributed by atoms with Crippen LogP contribution in [0.2, 0.25) is 0 Å². The molecule has 2 heteroatoms. The minimum absolute atomic E-state index is 0.225. The van der Waals surface area contributed by atoms with Crippen molar-refractivity contribution in [2.24, 2.45) is 0 Å². The van der Waals surface area contributed by atoms with E-state index in [-0.39, 0.29) is 5.75 Å². The Morgan fingerprint density at radius 3 is 2.50 bits per heavy atom. The summed E-state index contributed by atoms with van der Waals surface area (Å²) < 4.78 is 0. The summed E-state index contributed by atoms with van der Waals surface area (Å²) in [4.78, 5) is 4.33. The SMILES string of the molecule is Cc1ccc(-c2cnc3c(O)cccc3c2)cc1. The average Bonchev–Trinajstić information content (AvgIpc) is 2.39. The largest absolute Gasteiger partial charge is 0.506 e. The first kappa shape index (κ1) is 10.8. The Kier molecular flexibility index (Phi) is 2.49. The Labute approximate surface area is 106 Å². The van der Waals surface area contributed by atoms with Crippen LogP contribution < -0.4 is 0 Å². The minimum atomic E-state index is 0.225. The second kappa shape index (κ2) is 4.15. The van der Waals surface area contributed by atoms with E-state index in [2.05, 4.69) is 36.2 Å². The Hall–Kier alpha value is -2.35. The maximum Gasteiger partial charge on any atom is 0.141 e. The van der Waals surface area contributed by atoms with E-state index in [9.17, 15) is 5.11 Å². The van der Waals surface area contributed by atoms with Crippen molar-refractivity contribution in [3.8, 4) is 16.9 Å². The van der Waals surface area contributed by atoms with E-state index in [1.807, 2.05) is 18.2 Å². The van der Waals surface area contributed by atoms with Crippen LogP contribution in [0.4, 0.5) is 0 Å². The molecule has 2 nitrogen and oxygen atoms in total. The Balaban J connectivity index is 2.16. The van der Waals surface area contributed by atoms with Gasteiger partial charge in [0.25, 0.3) is 0 Å². The molecule has 0 saturated heterocycles. The zero-order valence-corrected chi connectivity index (χ0v) is 10.1.